The number of hydrogen-bond acceptors (Lipinski definition) is 3. The number of nitrogens with zero attached hydrogens (tertiary/aromatic N) is 1. The lowest BCUT2D eigenvalue weighted by atomic mass is 10.1. The lowest BCUT2D eigenvalue weighted by Gasteiger charge is -2.16. The highest BCUT2D eigenvalue weighted by Gasteiger charge is 2.30. The van der Waals surface area contributed by atoms with E-state index in [-0.39, 0.29) is 5.91 Å². The van der Waals surface area contributed by atoms with Gasteiger partial charge in [0.25, 0.3) is 5.91 Å². The van der Waals surface area contributed by atoms with E-state index in [1.54, 1.807) is 30.2 Å². The van der Waals surface area contributed by atoms with Gasteiger partial charge in [0.2, 0.25) is 0 Å². The second kappa shape index (κ2) is 4.04. The minimum absolute atomic E-state index is 0.00750. The summed E-state index contributed by atoms with van der Waals surface area (Å²) >= 11 is 0. The molecule has 0 heterocycles. The SMILES string of the molecule is COc1cc(N)cc(C(=O)N(C)C2CC2)c1. The summed E-state index contributed by atoms with van der Waals surface area (Å²) < 4.78 is 5.09. The summed E-state index contributed by atoms with van der Waals surface area (Å²) in [7, 11) is 3.39. The number of amides is 1. The van der Waals surface area contributed by atoms with Crippen LogP contribution in [0.15, 0.2) is 18.2 Å². The van der Waals surface area contributed by atoms with Crippen molar-refractivity contribution in [2.45, 2.75) is 18.9 Å². The molecule has 0 aliphatic heterocycles. The van der Waals surface area contributed by atoms with Crippen molar-refractivity contribution < 1.29 is 9.53 Å². The van der Waals surface area contributed by atoms with Crippen LogP contribution in [0.3, 0.4) is 0 Å². The fraction of sp³-hybridized carbons (Fsp3) is 0.417. The quantitative estimate of drug-likeness (QED) is 0.785. The highest BCUT2D eigenvalue weighted by molar-refractivity contribution is 5.95. The van der Waals surface area contributed by atoms with Gasteiger partial charge in [-0.3, -0.25) is 4.79 Å². The number of methoxy groups -OCH3 is 1. The molecule has 1 aliphatic carbocycles. The molecule has 0 spiro atoms. The smallest absolute Gasteiger partial charge is 0.254 e. The van der Waals surface area contributed by atoms with Crippen molar-refractivity contribution in [3.63, 3.8) is 0 Å². The largest absolute Gasteiger partial charge is 0.497 e. The molecule has 1 aliphatic rings. The summed E-state index contributed by atoms with van der Waals surface area (Å²) in [6.07, 6.45) is 2.20. The Morgan fingerprint density at radius 1 is 1.44 bits per heavy atom. The lowest BCUT2D eigenvalue weighted by Crippen LogP contribution is -2.28. The van der Waals surface area contributed by atoms with E-state index in [4.69, 9.17) is 10.5 Å². The fourth-order valence-corrected chi connectivity index (χ4v) is 1.69. The molecule has 86 valence electrons. The Balaban J connectivity index is 2.24. The van der Waals surface area contributed by atoms with Crippen molar-refractivity contribution >= 4 is 11.6 Å². The first kappa shape index (κ1) is 10.8. The highest BCUT2D eigenvalue weighted by atomic mass is 16.5. The lowest BCUT2D eigenvalue weighted by molar-refractivity contribution is 0.0785. The molecule has 0 aromatic heterocycles. The van der Waals surface area contributed by atoms with Crippen LogP contribution in [0.4, 0.5) is 5.69 Å². The third-order valence-corrected chi connectivity index (χ3v) is 2.83. The number of anilines is 1. The van der Waals surface area contributed by atoms with Crippen molar-refractivity contribution in [3.05, 3.63) is 23.8 Å². The number of rotatable bonds is 3. The molecular formula is C12H16N2O2. The highest BCUT2D eigenvalue weighted by Crippen LogP contribution is 2.28. The normalized spacial score (nSPS) is 14.6. The molecule has 1 aromatic carbocycles. The van der Waals surface area contributed by atoms with Crippen molar-refractivity contribution in [1.82, 2.24) is 4.90 Å². The number of nitrogen functional groups attached to an aromatic ring is 1. The standard InChI is InChI=1S/C12H16N2O2/c1-14(10-3-4-10)12(15)8-5-9(13)7-11(6-8)16-2/h5-7,10H,3-4,13H2,1-2H3. The number of benzene rings is 1. The molecular weight excluding hydrogens is 204 g/mol. The van der Waals surface area contributed by atoms with Crippen molar-refractivity contribution in [2.24, 2.45) is 0 Å². The Morgan fingerprint density at radius 2 is 2.12 bits per heavy atom. The predicted octanol–water partition coefficient (Wildman–Crippen LogP) is 1.51. The molecule has 0 saturated heterocycles. The number of carbonyl (C=O) groups excluding carboxylic acids is 1. The van der Waals surface area contributed by atoms with Crippen LogP contribution in [0, 0.1) is 0 Å². The van der Waals surface area contributed by atoms with Crippen molar-refractivity contribution in [3.8, 4) is 5.75 Å². The molecule has 0 unspecified atom stereocenters. The molecule has 4 heteroatoms. The van der Waals surface area contributed by atoms with Gasteiger partial charge in [-0.25, -0.2) is 0 Å². The van der Waals surface area contributed by atoms with Crippen LogP contribution in [0.2, 0.25) is 0 Å². The van der Waals surface area contributed by atoms with E-state index in [1.807, 2.05) is 7.05 Å². The van der Waals surface area contributed by atoms with Gasteiger partial charge in [-0.2, -0.15) is 0 Å². The summed E-state index contributed by atoms with van der Waals surface area (Å²) in [4.78, 5) is 13.8. The van der Waals surface area contributed by atoms with Crippen molar-refractivity contribution in [1.29, 1.82) is 0 Å². The summed E-state index contributed by atoms with van der Waals surface area (Å²) in [6.45, 7) is 0. The van der Waals surface area contributed by atoms with Gasteiger partial charge < -0.3 is 15.4 Å². The Bertz CT molecular complexity index is 413. The molecule has 0 radical (unpaired) electrons. The Morgan fingerprint density at radius 3 is 2.69 bits per heavy atom. The predicted molar refractivity (Wildman–Crippen MR) is 62.5 cm³/mol. The van der Waals surface area contributed by atoms with Gasteiger partial charge in [-0.15, -0.1) is 0 Å². The Hall–Kier alpha value is -1.71. The van der Waals surface area contributed by atoms with E-state index in [0.717, 1.165) is 12.8 Å². The van der Waals surface area contributed by atoms with Gasteiger partial charge in [0.15, 0.2) is 0 Å². The molecule has 16 heavy (non-hydrogen) atoms. The zero-order chi connectivity index (χ0) is 11.7. The van der Waals surface area contributed by atoms with E-state index in [9.17, 15) is 4.79 Å². The van der Waals surface area contributed by atoms with Gasteiger partial charge in [-0.05, 0) is 25.0 Å². The maximum Gasteiger partial charge on any atom is 0.254 e. The van der Waals surface area contributed by atoms with Crippen LogP contribution in [0.5, 0.6) is 5.75 Å². The van der Waals surface area contributed by atoms with Crippen LogP contribution in [-0.2, 0) is 0 Å². The number of nitrogens with two attached hydrogens (primary N) is 1. The second-order valence-corrected chi connectivity index (χ2v) is 4.14. The molecule has 2 N–H and O–H groups in total. The van der Waals surface area contributed by atoms with E-state index in [1.165, 1.54) is 0 Å². The van der Waals surface area contributed by atoms with Gasteiger partial charge in [0, 0.05) is 30.4 Å². The average Bonchev–Trinajstić information content (AvgIpc) is 3.10. The molecule has 0 bridgehead atoms. The molecule has 2 rings (SSSR count). The summed E-state index contributed by atoms with van der Waals surface area (Å²) in [5.41, 5.74) is 6.85. The maximum atomic E-state index is 12.1. The fourth-order valence-electron chi connectivity index (χ4n) is 1.69. The van der Waals surface area contributed by atoms with Crippen LogP contribution >= 0.6 is 0 Å². The summed E-state index contributed by atoms with van der Waals surface area (Å²) in [6, 6.07) is 5.51. The third-order valence-electron chi connectivity index (χ3n) is 2.83. The van der Waals surface area contributed by atoms with Crippen LogP contribution in [0.1, 0.15) is 23.2 Å². The van der Waals surface area contributed by atoms with E-state index in [0.29, 0.717) is 23.0 Å². The summed E-state index contributed by atoms with van der Waals surface area (Å²) in [5, 5.41) is 0. The number of ether oxygens (including phenoxy) is 1. The molecule has 1 fully saturated rings. The van der Waals surface area contributed by atoms with Crippen LogP contribution in [-0.4, -0.2) is 31.0 Å². The maximum absolute atomic E-state index is 12.1. The van der Waals surface area contributed by atoms with Gasteiger partial charge >= 0.3 is 0 Å². The van der Waals surface area contributed by atoms with E-state index >= 15 is 0 Å². The van der Waals surface area contributed by atoms with Crippen molar-refractivity contribution in [2.75, 3.05) is 19.9 Å². The molecule has 1 saturated carbocycles. The van der Waals surface area contributed by atoms with Gasteiger partial charge in [0.1, 0.15) is 5.75 Å². The third kappa shape index (κ3) is 2.10. The number of carbonyl (C=O) groups is 1. The zero-order valence-electron chi connectivity index (χ0n) is 9.56. The Labute approximate surface area is 95.0 Å². The van der Waals surface area contributed by atoms with E-state index in [2.05, 4.69) is 0 Å². The molecule has 1 aromatic rings. The molecule has 1 amide bonds. The first-order valence-electron chi connectivity index (χ1n) is 5.33. The van der Waals surface area contributed by atoms with Gasteiger partial charge in [-0.1, -0.05) is 0 Å². The minimum Gasteiger partial charge on any atom is -0.497 e. The van der Waals surface area contributed by atoms with Crippen LogP contribution < -0.4 is 10.5 Å². The van der Waals surface area contributed by atoms with Crippen LogP contribution in [0.25, 0.3) is 0 Å². The summed E-state index contributed by atoms with van der Waals surface area (Å²) in [5.74, 6) is 0.626. The molecule has 4 nitrogen and oxygen atoms in total. The first-order valence-corrected chi connectivity index (χ1v) is 5.33. The number of hydrogen-bond donors (Lipinski definition) is 1. The molecule has 0 atom stereocenters. The Kier molecular flexibility index (Phi) is 2.73. The topological polar surface area (TPSA) is 55.6 Å². The van der Waals surface area contributed by atoms with Gasteiger partial charge in [0.05, 0.1) is 7.11 Å². The average molecular weight is 220 g/mol. The zero-order valence-corrected chi connectivity index (χ0v) is 9.56. The second-order valence-electron chi connectivity index (χ2n) is 4.14. The minimum atomic E-state index is 0.00750. The monoisotopic (exact) mass is 220 g/mol. The first-order chi connectivity index (χ1) is 7.61. The van der Waals surface area contributed by atoms with E-state index < -0.39 is 0 Å².